The molecule has 106 valence electrons. The minimum absolute atomic E-state index is 0.266. The van der Waals surface area contributed by atoms with E-state index in [1.165, 1.54) is 26.1 Å². The molecule has 0 aliphatic carbocycles. The van der Waals surface area contributed by atoms with E-state index < -0.39 is 29.9 Å². The van der Waals surface area contributed by atoms with Gasteiger partial charge in [0.25, 0.3) is 0 Å². The Labute approximate surface area is 103 Å². The average molecular weight is 271 g/mol. The monoisotopic (exact) mass is 271 g/mol. The zero-order valence-electron chi connectivity index (χ0n) is 10.6. The third-order valence-electron chi connectivity index (χ3n) is 1.73. The van der Waals surface area contributed by atoms with E-state index in [9.17, 15) is 22.8 Å². The SMILES string of the molecule is CCOC(=O)[C@@](NC(C)=O)(OC(C)C)C(F)(F)F. The average Bonchev–Trinajstić information content (AvgIpc) is 2.13. The highest BCUT2D eigenvalue weighted by atomic mass is 19.4. The van der Waals surface area contributed by atoms with Gasteiger partial charge in [0.2, 0.25) is 5.91 Å². The van der Waals surface area contributed by atoms with Crippen molar-refractivity contribution in [2.75, 3.05) is 6.61 Å². The summed E-state index contributed by atoms with van der Waals surface area (Å²) < 4.78 is 48.0. The van der Waals surface area contributed by atoms with Gasteiger partial charge in [0.1, 0.15) is 0 Å². The summed E-state index contributed by atoms with van der Waals surface area (Å²) in [6.07, 6.45) is -6.07. The van der Waals surface area contributed by atoms with Gasteiger partial charge in [-0.1, -0.05) is 0 Å². The zero-order chi connectivity index (χ0) is 14.6. The van der Waals surface area contributed by atoms with Crippen LogP contribution in [0.1, 0.15) is 27.7 Å². The van der Waals surface area contributed by atoms with Crippen molar-refractivity contribution in [3.05, 3.63) is 0 Å². The van der Waals surface area contributed by atoms with Gasteiger partial charge in [-0.15, -0.1) is 0 Å². The fraction of sp³-hybridized carbons (Fsp3) is 0.800. The van der Waals surface area contributed by atoms with Crippen LogP contribution >= 0.6 is 0 Å². The lowest BCUT2D eigenvalue weighted by Crippen LogP contribution is -2.66. The van der Waals surface area contributed by atoms with Crippen molar-refractivity contribution < 1.29 is 32.2 Å². The lowest BCUT2D eigenvalue weighted by atomic mass is 10.2. The van der Waals surface area contributed by atoms with Gasteiger partial charge in [0, 0.05) is 6.92 Å². The number of amides is 1. The molecule has 0 aliphatic heterocycles. The number of alkyl halides is 3. The highest BCUT2D eigenvalue weighted by Gasteiger charge is 2.65. The number of carbonyl (C=O) groups excluding carboxylic acids is 2. The predicted molar refractivity (Wildman–Crippen MR) is 55.5 cm³/mol. The summed E-state index contributed by atoms with van der Waals surface area (Å²) in [5.41, 5.74) is -3.47. The highest BCUT2D eigenvalue weighted by molar-refractivity contribution is 5.86. The van der Waals surface area contributed by atoms with Crippen LogP contribution < -0.4 is 5.32 Å². The first kappa shape index (κ1) is 16.7. The van der Waals surface area contributed by atoms with Crippen molar-refractivity contribution in [2.24, 2.45) is 0 Å². The molecule has 0 aliphatic rings. The molecule has 0 radical (unpaired) electrons. The van der Waals surface area contributed by atoms with Gasteiger partial charge in [-0.25, -0.2) is 4.79 Å². The second-order valence-corrected chi connectivity index (χ2v) is 3.75. The summed E-state index contributed by atoms with van der Waals surface area (Å²) in [7, 11) is 0. The van der Waals surface area contributed by atoms with Crippen molar-refractivity contribution in [3.63, 3.8) is 0 Å². The van der Waals surface area contributed by atoms with E-state index in [0.29, 0.717) is 0 Å². The Balaban J connectivity index is 5.54. The first-order chi connectivity index (χ1) is 8.06. The summed E-state index contributed by atoms with van der Waals surface area (Å²) in [5.74, 6) is -2.75. The Morgan fingerprint density at radius 3 is 2.06 bits per heavy atom. The van der Waals surface area contributed by atoms with Crippen LogP contribution in [0.25, 0.3) is 0 Å². The normalized spacial score (nSPS) is 15.1. The van der Waals surface area contributed by atoms with Crippen LogP contribution in [0, 0.1) is 0 Å². The fourth-order valence-electron chi connectivity index (χ4n) is 1.22. The van der Waals surface area contributed by atoms with Crippen LogP contribution in [0.5, 0.6) is 0 Å². The van der Waals surface area contributed by atoms with E-state index in [0.717, 1.165) is 6.92 Å². The van der Waals surface area contributed by atoms with E-state index in [1.807, 2.05) is 0 Å². The van der Waals surface area contributed by atoms with Gasteiger partial charge >= 0.3 is 17.9 Å². The maximum absolute atomic E-state index is 13.0. The third kappa shape index (κ3) is 3.86. The largest absolute Gasteiger partial charge is 0.462 e. The maximum Gasteiger partial charge on any atom is 0.448 e. The molecule has 1 amide bonds. The first-order valence-corrected chi connectivity index (χ1v) is 5.27. The molecule has 0 unspecified atom stereocenters. The Bertz CT molecular complexity index is 317. The quantitative estimate of drug-likeness (QED) is 0.606. The van der Waals surface area contributed by atoms with E-state index >= 15 is 0 Å². The Hall–Kier alpha value is -1.31. The summed E-state index contributed by atoms with van der Waals surface area (Å²) in [6, 6.07) is 0. The van der Waals surface area contributed by atoms with Crippen LogP contribution in [-0.4, -0.2) is 36.5 Å². The molecule has 0 saturated carbocycles. The number of ether oxygens (including phenoxy) is 2. The van der Waals surface area contributed by atoms with E-state index in [4.69, 9.17) is 0 Å². The van der Waals surface area contributed by atoms with Gasteiger partial charge in [-0.3, -0.25) is 4.79 Å². The second-order valence-electron chi connectivity index (χ2n) is 3.75. The first-order valence-electron chi connectivity index (χ1n) is 5.27. The van der Waals surface area contributed by atoms with Gasteiger partial charge in [0.15, 0.2) is 0 Å². The lowest BCUT2D eigenvalue weighted by Gasteiger charge is -2.34. The van der Waals surface area contributed by atoms with Crippen LogP contribution in [0.3, 0.4) is 0 Å². The number of halogens is 3. The lowest BCUT2D eigenvalue weighted by molar-refractivity contribution is -0.294. The van der Waals surface area contributed by atoms with Gasteiger partial charge < -0.3 is 14.8 Å². The van der Waals surface area contributed by atoms with Crippen LogP contribution in [0.4, 0.5) is 13.2 Å². The van der Waals surface area contributed by atoms with Crippen LogP contribution in [-0.2, 0) is 19.1 Å². The molecule has 0 heterocycles. The van der Waals surface area contributed by atoms with Crippen molar-refractivity contribution in [2.45, 2.75) is 45.7 Å². The number of rotatable bonds is 5. The number of esters is 1. The molecule has 0 aromatic heterocycles. The van der Waals surface area contributed by atoms with E-state index in [1.54, 1.807) is 0 Å². The number of hydrogen-bond acceptors (Lipinski definition) is 4. The van der Waals surface area contributed by atoms with Gasteiger partial charge in [-0.2, -0.15) is 13.2 Å². The number of hydrogen-bond donors (Lipinski definition) is 1. The van der Waals surface area contributed by atoms with Gasteiger partial charge in [0.05, 0.1) is 12.7 Å². The maximum atomic E-state index is 13.0. The molecule has 8 heteroatoms. The summed E-state index contributed by atoms with van der Waals surface area (Å²) in [5, 5.41) is 1.49. The van der Waals surface area contributed by atoms with Crippen molar-refractivity contribution >= 4 is 11.9 Å². The van der Waals surface area contributed by atoms with Crippen molar-refractivity contribution in [3.8, 4) is 0 Å². The standard InChI is InChI=1S/C10H16F3NO4/c1-5-17-8(16)9(10(11,12)13,14-7(4)15)18-6(2)3/h6H,5H2,1-4H3,(H,14,15)/t9-/m1/s1. The topological polar surface area (TPSA) is 64.6 Å². The van der Waals surface area contributed by atoms with Crippen molar-refractivity contribution in [1.82, 2.24) is 5.32 Å². The third-order valence-corrected chi connectivity index (χ3v) is 1.73. The molecule has 1 atom stereocenters. The van der Waals surface area contributed by atoms with Crippen LogP contribution in [0.15, 0.2) is 0 Å². The molecule has 0 rings (SSSR count). The molecule has 5 nitrogen and oxygen atoms in total. The second kappa shape index (κ2) is 6.03. The highest BCUT2D eigenvalue weighted by Crippen LogP contribution is 2.34. The van der Waals surface area contributed by atoms with Gasteiger partial charge in [-0.05, 0) is 20.8 Å². The Kier molecular flexibility index (Phi) is 5.59. The van der Waals surface area contributed by atoms with E-state index in [2.05, 4.69) is 9.47 Å². The minimum atomic E-state index is -5.13. The Morgan fingerprint density at radius 1 is 1.28 bits per heavy atom. The molecule has 0 aromatic rings. The van der Waals surface area contributed by atoms with E-state index in [-0.39, 0.29) is 6.61 Å². The molecule has 0 aromatic carbocycles. The molecule has 0 fully saturated rings. The summed E-state index contributed by atoms with van der Waals surface area (Å²) in [6.45, 7) is 4.55. The number of carbonyl (C=O) groups is 2. The molecule has 0 spiro atoms. The fourth-order valence-corrected chi connectivity index (χ4v) is 1.22. The molecule has 0 saturated heterocycles. The van der Waals surface area contributed by atoms with Crippen LogP contribution in [0.2, 0.25) is 0 Å². The molecular weight excluding hydrogens is 255 g/mol. The molecular formula is C10H16F3NO4. The smallest absolute Gasteiger partial charge is 0.448 e. The Morgan fingerprint density at radius 2 is 1.78 bits per heavy atom. The zero-order valence-corrected chi connectivity index (χ0v) is 10.6. The summed E-state index contributed by atoms with van der Waals surface area (Å²) in [4.78, 5) is 22.4. The molecule has 18 heavy (non-hydrogen) atoms. The summed E-state index contributed by atoms with van der Waals surface area (Å²) >= 11 is 0. The minimum Gasteiger partial charge on any atom is -0.462 e. The predicted octanol–water partition coefficient (Wildman–Crippen LogP) is 1.37. The number of nitrogens with one attached hydrogen (secondary N) is 1. The molecule has 0 bridgehead atoms. The van der Waals surface area contributed by atoms with Crippen molar-refractivity contribution in [1.29, 1.82) is 0 Å². The molecule has 1 N–H and O–H groups in total.